The second-order valence-corrected chi connectivity index (χ2v) is 3.87. The Bertz CT molecular complexity index is 367. The fourth-order valence-corrected chi connectivity index (χ4v) is 1.67. The smallest absolute Gasteiger partial charge is 0.120 e. The van der Waals surface area contributed by atoms with E-state index in [9.17, 15) is 0 Å². The number of hydrogen-bond acceptors (Lipinski definition) is 3. The first kappa shape index (κ1) is 13.5. The molecule has 0 aliphatic rings. The van der Waals surface area contributed by atoms with Gasteiger partial charge >= 0.3 is 0 Å². The van der Waals surface area contributed by atoms with Gasteiger partial charge in [-0.3, -0.25) is 0 Å². The standard InChI is InChI=1S/C14H20N2O/c1-3-16(4-2)9-6-10-17-14-8-5-7-13(11-14)12-15/h5,7-8,11H,3-4,6,9-10H2,1-2H3. The van der Waals surface area contributed by atoms with Gasteiger partial charge in [0.25, 0.3) is 0 Å². The van der Waals surface area contributed by atoms with E-state index in [2.05, 4.69) is 24.8 Å². The fourth-order valence-electron chi connectivity index (χ4n) is 1.67. The van der Waals surface area contributed by atoms with Crippen molar-refractivity contribution in [3.05, 3.63) is 29.8 Å². The van der Waals surface area contributed by atoms with E-state index >= 15 is 0 Å². The Labute approximate surface area is 104 Å². The molecule has 17 heavy (non-hydrogen) atoms. The van der Waals surface area contributed by atoms with Crippen LogP contribution in [0.25, 0.3) is 0 Å². The minimum atomic E-state index is 0.645. The Hall–Kier alpha value is -1.53. The molecule has 0 N–H and O–H groups in total. The molecule has 0 aromatic heterocycles. The molecule has 3 nitrogen and oxygen atoms in total. The average Bonchev–Trinajstić information content (AvgIpc) is 2.39. The predicted molar refractivity (Wildman–Crippen MR) is 69.1 cm³/mol. The molecular formula is C14H20N2O. The van der Waals surface area contributed by atoms with E-state index in [-0.39, 0.29) is 0 Å². The van der Waals surface area contributed by atoms with Gasteiger partial charge in [0.1, 0.15) is 5.75 Å². The lowest BCUT2D eigenvalue weighted by molar-refractivity contribution is 0.249. The molecule has 0 saturated carbocycles. The Kier molecular flexibility index (Phi) is 6.13. The summed E-state index contributed by atoms with van der Waals surface area (Å²) < 4.78 is 5.61. The largest absolute Gasteiger partial charge is 0.494 e. The second-order valence-electron chi connectivity index (χ2n) is 3.87. The Balaban J connectivity index is 2.29. The summed E-state index contributed by atoms with van der Waals surface area (Å²) in [6.07, 6.45) is 1.01. The molecule has 0 aliphatic heterocycles. The van der Waals surface area contributed by atoms with E-state index in [1.165, 1.54) is 0 Å². The SMILES string of the molecule is CCN(CC)CCCOc1cccc(C#N)c1. The zero-order chi connectivity index (χ0) is 12.5. The van der Waals surface area contributed by atoms with Gasteiger partial charge in [0.2, 0.25) is 0 Å². The lowest BCUT2D eigenvalue weighted by Gasteiger charge is -2.17. The van der Waals surface area contributed by atoms with Crippen LogP contribution in [0.1, 0.15) is 25.8 Å². The second kappa shape index (κ2) is 7.70. The van der Waals surface area contributed by atoms with Crippen LogP contribution >= 0.6 is 0 Å². The summed E-state index contributed by atoms with van der Waals surface area (Å²) in [7, 11) is 0. The summed E-state index contributed by atoms with van der Waals surface area (Å²) in [5, 5.41) is 8.76. The maximum Gasteiger partial charge on any atom is 0.120 e. The van der Waals surface area contributed by atoms with Gasteiger partial charge in [-0.1, -0.05) is 19.9 Å². The van der Waals surface area contributed by atoms with E-state index in [0.29, 0.717) is 12.2 Å². The van der Waals surface area contributed by atoms with Crippen molar-refractivity contribution in [1.82, 2.24) is 4.90 Å². The molecule has 0 unspecified atom stereocenters. The highest BCUT2D eigenvalue weighted by Gasteiger charge is 1.99. The van der Waals surface area contributed by atoms with Crippen LogP contribution in [0.5, 0.6) is 5.75 Å². The van der Waals surface area contributed by atoms with Crippen molar-refractivity contribution in [3.8, 4) is 11.8 Å². The maximum absolute atomic E-state index is 8.76. The van der Waals surface area contributed by atoms with Gasteiger partial charge in [-0.2, -0.15) is 5.26 Å². The number of nitriles is 1. The first-order chi connectivity index (χ1) is 8.30. The zero-order valence-electron chi connectivity index (χ0n) is 10.6. The summed E-state index contributed by atoms with van der Waals surface area (Å²) in [5.41, 5.74) is 0.645. The van der Waals surface area contributed by atoms with E-state index in [1.54, 1.807) is 12.1 Å². The van der Waals surface area contributed by atoms with Crippen molar-refractivity contribution in [2.24, 2.45) is 0 Å². The van der Waals surface area contributed by atoms with Crippen molar-refractivity contribution < 1.29 is 4.74 Å². The Morgan fingerprint density at radius 3 is 2.71 bits per heavy atom. The molecule has 0 radical (unpaired) electrons. The van der Waals surface area contributed by atoms with Crippen molar-refractivity contribution in [2.75, 3.05) is 26.2 Å². The zero-order valence-corrected chi connectivity index (χ0v) is 10.6. The molecule has 0 atom stereocenters. The van der Waals surface area contributed by atoms with Crippen molar-refractivity contribution in [1.29, 1.82) is 5.26 Å². The van der Waals surface area contributed by atoms with Gasteiger partial charge in [-0.25, -0.2) is 0 Å². The number of benzene rings is 1. The summed E-state index contributed by atoms with van der Waals surface area (Å²) >= 11 is 0. The predicted octanol–water partition coefficient (Wildman–Crippen LogP) is 2.67. The number of ether oxygens (including phenoxy) is 1. The topological polar surface area (TPSA) is 36.3 Å². The van der Waals surface area contributed by atoms with Gasteiger partial charge in [-0.15, -0.1) is 0 Å². The molecule has 3 heteroatoms. The molecule has 0 spiro atoms. The van der Waals surface area contributed by atoms with Crippen molar-refractivity contribution in [3.63, 3.8) is 0 Å². The molecule has 92 valence electrons. The third-order valence-corrected chi connectivity index (χ3v) is 2.74. The van der Waals surface area contributed by atoms with Crippen molar-refractivity contribution in [2.45, 2.75) is 20.3 Å². The summed E-state index contributed by atoms with van der Waals surface area (Å²) in [6, 6.07) is 9.39. The van der Waals surface area contributed by atoms with Gasteiger partial charge in [0, 0.05) is 6.54 Å². The fraction of sp³-hybridized carbons (Fsp3) is 0.500. The highest BCUT2D eigenvalue weighted by atomic mass is 16.5. The first-order valence-corrected chi connectivity index (χ1v) is 6.15. The summed E-state index contributed by atoms with van der Waals surface area (Å²) in [5.74, 6) is 0.781. The maximum atomic E-state index is 8.76. The number of rotatable bonds is 7. The highest BCUT2D eigenvalue weighted by molar-refractivity contribution is 5.36. The minimum Gasteiger partial charge on any atom is -0.494 e. The first-order valence-electron chi connectivity index (χ1n) is 6.15. The lowest BCUT2D eigenvalue weighted by atomic mass is 10.2. The molecule has 0 bridgehead atoms. The van der Waals surface area contributed by atoms with Crippen LogP contribution in [-0.2, 0) is 0 Å². The van der Waals surface area contributed by atoms with Crippen LogP contribution in [-0.4, -0.2) is 31.1 Å². The van der Waals surface area contributed by atoms with E-state index in [1.807, 2.05) is 12.1 Å². The van der Waals surface area contributed by atoms with Crippen LogP contribution in [0.3, 0.4) is 0 Å². The van der Waals surface area contributed by atoms with E-state index < -0.39 is 0 Å². The molecule has 0 amide bonds. The molecule has 0 saturated heterocycles. The quantitative estimate of drug-likeness (QED) is 0.678. The molecule has 0 aliphatic carbocycles. The molecule has 0 fully saturated rings. The third-order valence-electron chi connectivity index (χ3n) is 2.74. The van der Waals surface area contributed by atoms with Gasteiger partial charge < -0.3 is 9.64 Å². The molecule has 1 aromatic rings. The molecule has 0 heterocycles. The van der Waals surface area contributed by atoms with Crippen LogP contribution < -0.4 is 4.74 Å². The van der Waals surface area contributed by atoms with Gasteiger partial charge in [0.15, 0.2) is 0 Å². The number of nitrogens with zero attached hydrogens (tertiary/aromatic N) is 2. The van der Waals surface area contributed by atoms with Crippen molar-refractivity contribution >= 4 is 0 Å². The number of hydrogen-bond donors (Lipinski definition) is 0. The van der Waals surface area contributed by atoms with Crippen LogP contribution in [0.4, 0.5) is 0 Å². The van der Waals surface area contributed by atoms with Gasteiger partial charge in [-0.05, 0) is 37.7 Å². The monoisotopic (exact) mass is 232 g/mol. The molecule has 1 rings (SSSR count). The van der Waals surface area contributed by atoms with Crippen LogP contribution in [0, 0.1) is 11.3 Å². The highest BCUT2D eigenvalue weighted by Crippen LogP contribution is 2.12. The third kappa shape index (κ3) is 4.88. The van der Waals surface area contributed by atoms with E-state index in [4.69, 9.17) is 10.00 Å². The molecule has 1 aromatic carbocycles. The Morgan fingerprint density at radius 2 is 2.06 bits per heavy atom. The normalized spacial score (nSPS) is 10.2. The lowest BCUT2D eigenvalue weighted by Crippen LogP contribution is -2.25. The minimum absolute atomic E-state index is 0.645. The van der Waals surface area contributed by atoms with E-state index in [0.717, 1.165) is 31.8 Å². The Morgan fingerprint density at radius 1 is 1.29 bits per heavy atom. The average molecular weight is 232 g/mol. The summed E-state index contributed by atoms with van der Waals surface area (Å²) in [6.45, 7) is 8.26. The van der Waals surface area contributed by atoms with Gasteiger partial charge in [0.05, 0.1) is 18.2 Å². The van der Waals surface area contributed by atoms with Crippen LogP contribution in [0.2, 0.25) is 0 Å². The molecular weight excluding hydrogens is 212 g/mol. The van der Waals surface area contributed by atoms with Crippen LogP contribution in [0.15, 0.2) is 24.3 Å². The summed E-state index contributed by atoms with van der Waals surface area (Å²) in [4.78, 5) is 2.37.